The van der Waals surface area contributed by atoms with Crippen molar-refractivity contribution in [3.8, 4) is 0 Å². The fourth-order valence-electron chi connectivity index (χ4n) is 2.31. The van der Waals surface area contributed by atoms with E-state index in [9.17, 15) is 8.78 Å². The first kappa shape index (κ1) is 25.6. The van der Waals surface area contributed by atoms with Gasteiger partial charge in [-0.05, 0) is 69.7 Å². The van der Waals surface area contributed by atoms with Gasteiger partial charge in [0.15, 0.2) is 11.6 Å². The van der Waals surface area contributed by atoms with E-state index in [0.717, 1.165) is 48.0 Å². The van der Waals surface area contributed by atoms with Crippen molar-refractivity contribution < 1.29 is 8.78 Å². The normalized spacial score (nSPS) is 13.4. The van der Waals surface area contributed by atoms with E-state index < -0.39 is 11.6 Å². The fraction of sp³-hybridized carbons (Fsp3) is 0.480. The lowest BCUT2D eigenvalue weighted by atomic mass is 10.2. The summed E-state index contributed by atoms with van der Waals surface area (Å²) in [7, 11) is 0. The average Bonchev–Trinajstić information content (AvgIpc) is 3.49. The van der Waals surface area contributed by atoms with Gasteiger partial charge in [0.25, 0.3) is 0 Å². The molecule has 1 fully saturated rings. The van der Waals surface area contributed by atoms with Crippen LogP contribution >= 0.6 is 0 Å². The molecule has 1 aliphatic carbocycles. The van der Waals surface area contributed by atoms with Crippen LogP contribution in [-0.4, -0.2) is 16.9 Å². The van der Waals surface area contributed by atoms with Gasteiger partial charge in [-0.15, -0.1) is 0 Å². The van der Waals surface area contributed by atoms with E-state index in [1.807, 2.05) is 46.2 Å². The molecule has 164 valence electrons. The Bertz CT molecular complexity index is 869. The SMILES string of the molecule is CC1CC1.CC=Nc1cc(C)ncc1CC.CCC(C)=Nc1cc(F)c(F)cc1C. The molecule has 0 amide bonds. The number of aryl methyl sites for hydroxylation is 3. The van der Waals surface area contributed by atoms with E-state index in [4.69, 9.17) is 0 Å². The van der Waals surface area contributed by atoms with Crippen molar-refractivity contribution in [3.63, 3.8) is 0 Å². The Morgan fingerprint density at radius 1 is 1.10 bits per heavy atom. The van der Waals surface area contributed by atoms with Gasteiger partial charge in [0.2, 0.25) is 0 Å². The number of rotatable bonds is 4. The smallest absolute Gasteiger partial charge is 0.160 e. The van der Waals surface area contributed by atoms with Crippen molar-refractivity contribution in [1.82, 2.24) is 4.98 Å². The first-order chi connectivity index (χ1) is 14.2. The quantitative estimate of drug-likeness (QED) is 0.468. The molecule has 0 atom stereocenters. The zero-order valence-corrected chi connectivity index (χ0v) is 19.4. The number of nitrogens with zero attached hydrogens (tertiary/aromatic N) is 3. The van der Waals surface area contributed by atoms with E-state index in [2.05, 4.69) is 28.8 Å². The Labute approximate surface area is 180 Å². The summed E-state index contributed by atoms with van der Waals surface area (Å²) in [5.74, 6) is -0.589. The summed E-state index contributed by atoms with van der Waals surface area (Å²) in [6.45, 7) is 13.8. The summed E-state index contributed by atoms with van der Waals surface area (Å²) in [5, 5.41) is 0. The maximum Gasteiger partial charge on any atom is 0.160 e. The van der Waals surface area contributed by atoms with Crippen molar-refractivity contribution >= 4 is 23.3 Å². The number of hydrogen-bond donors (Lipinski definition) is 0. The number of aromatic nitrogens is 1. The summed E-state index contributed by atoms with van der Waals surface area (Å²) < 4.78 is 25.6. The second-order valence-electron chi connectivity index (χ2n) is 7.63. The summed E-state index contributed by atoms with van der Waals surface area (Å²) in [4.78, 5) is 12.7. The highest BCUT2D eigenvalue weighted by molar-refractivity contribution is 5.84. The third-order valence-corrected chi connectivity index (χ3v) is 4.68. The molecule has 1 aromatic carbocycles. The van der Waals surface area contributed by atoms with Crippen LogP contribution in [-0.2, 0) is 6.42 Å². The standard InChI is InChI=1S/C11H13F2N.C10H14N2.C4H8/c1-4-8(3)14-11-6-10(13)9(12)5-7(11)2;1-4-9-7-12-8(3)6-10(9)11-5-2;1-4-2-3-4/h5-6H,4H2,1-3H3;5-7H,4H2,1-3H3;4H,2-3H2,1H3. The lowest BCUT2D eigenvalue weighted by Crippen LogP contribution is -1.90. The van der Waals surface area contributed by atoms with Gasteiger partial charge >= 0.3 is 0 Å². The minimum Gasteiger partial charge on any atom is -0.261 e. The molecule has 1 aromatic heterocycles. The van der Waals surface area contributed by atoms with Crippen molar-refractivity contribution in [2.24, 2.45) is 15.9 Å². The number of aliphatic imine (C=N–C) groups is 2. The van der Waals surface area contributed by atoms with Crippen molar-refractivity contribution in [2.45, 2.75) is 74.1 Å². The number of pyridine rings is 1. The van der Waals surface area contributed by atoms with Gasteiger partial charge in [-0.2, -0.15) is 0 Å². The molecule has 3 rings (SSSR count). The van der Waals surface area contributed by atoms with Crippen LogP contribution in [0.25, 0.3) is 0 Å². The van der Waals surface area contributed by atoms with E-state index in [-0.39, 0.29) is 0 Å². The fourth-order valence-corrected chi connectivity index (χ4v) is 2.31. The maximum atomic E-state index is 12.9. The van der Waals surface area contributed by atoms with Gasteiger partial charge in [-0.3, -0.25) is 15.0 Å². The Morgan fingerprint density at radius 2 is 1.70 bits per heavy atom. The Kier molecular flexibility index (Phi) is 11.1. The van der Waals surface area contributed by atoms with Gasteiger partial charge in [0.05, 0.1) is 11.4 Å². The van der Waals surface area contributed by atoms with Crippen molar-refractivity contribution in [3.05, 3.63) is 52.9 Å². The largest absolute Gasteiger partial charge is 0.261 e. The summed E-state index contributed by atoms with van der Waals surface area (Å²) in [6, 6.07) is 4.31. The monoisotopic (exact) mass is 415 g/mol. The lowest BCUT2D eigenvalue weighted by Gasteiger charge is -2.02. The maximum absolute atomic E-state index is 12.9. The van der Waals surface area contributed by atoms with Gasteiger partial charge in [-0.25, -0.2) is 8.78 Å². The zero-order chi connectivity index (χ0) is 22.7. The second-order valence-corrected chi connectivity index (χ2v) is 7.63. The molecule has 0 unspecified atom stereocenters. The highest BCUT2D eigenvalue weighted by Gasteiger charge is 2.12. The molecular formula is C25H35F2N3. The number of hydrogen-bond acceptors (Lipinski definition) is 3. The predicted molar refractivity (Wildman–Crippen MR) is 125 cm³/mol. The number of halogens is 2. The van der Waals surface area contributed by atoms with Crippen LogP contribution in [0.3, 0.4) is 0 Å². The molecule has 0 spiro atoms. The van der Waals surface area contributed by atoms with Gasteiger partial charge < -0.3 is 0 Å². The Morgan fingerprint density at radius 3 is 2.20 bits per heavy atom. The minimum atomic E-state index is -0.849. The Hall–Kier alpha value is -2.43. The predicted octanol–water partition coefficient (Wildman–Crippen LogP) is 7.87. The molecule has 1 aliphatic rings. The number of benzene rings is 1. The van der Waals surface area contributed by atoms with Crippen LogP contribution in [0.2, 0.25) is 0 Å². The third-order valence-electron chi connectivity index (χ3n) is 4.68. The molecular weight excluding hydrogens is 380 g/mol. The highest BCUT2D eigenvalue weighted by atomic mass is 19.2. The van der Waals surface area contributed by atoms with Crippen LogP contribution in [0.5, 0.6) is 0 Å². The molecule has 1 heterocycles. The highest BCUT2D eigenvalue weighted by Crippen LogP contribution is 2.26. The lowest BCUT2D eigenvalue weighted by molar-refractivity contribution is 0.508. The van der Waals surface area contributed by atoms with E-state index in [1.54, 1.807) is 6.92 Å². The first-order valence-corrected chi connectivity index (χ1v) is 10.7. The van der Waals surface area contributed by atoms with Crippen LogP contribution in [0.4, 0.5) is 20.2 Å². The van der Waals surface area contributed by atoms with Crippen LogP contribution in [0, 0.1) is 31.4 Å². The molecule has 2 aromatic rings. The molecule has 0 N–H and O–H groups in total. The zero-order valence-electron chi connectivity index (χ0n) is 19.4. The summed E-state index contributed by atoms with van der Waals surface area (Å²) in [6.07, 6.45) is 8.48. The molecule has 0 saturated heterocycles. The van der Waals surface area contributed by atoms with Gasteiger partial charge in [0.1, 0.15) is 0 Å². The van der Waals surface area contributed by atoms with Gasteiger partial charge in [0, 0.05) is 29.9 Å². The van der Waals surface area contributed by atoms with E-state index in [0.29, 0.717) is 11.3 Å². The van der Waals surface area contributed by atoms with Gasteiger partial charge in [-0.1, -0.05) is 33.6 Å². The molecule has 0 radical (unpaired) electrons. The van der Waals surface area contributed by atoms with E-state index >= 15 is 0 Å². The Balaban J connectivity index is 0.000000254. The minimum absolute atomic E-state index is 0.503. The summed E-state index contributed by atoms with van der Waals surface area (Å²) in [5.41, 5.74) is 5.33. The second kappa shape index (κ2) is 13.0. The molecule has 3 nitrogen and oxygen atoms in total. The van der Waals surface area contributed by atoms with E-state index in [1.165, 1.54) is 18.4 Å². The molecule has 30 heavy (non-hydrogen) atoms. The average molecular weight is 416 g/mol. The van der Waals surface area contributed by atoms with Crippen LogP contribution < -0.4 is 0 Å². The van der Waals surface area contributed by atoms with Crippen LogP contribution in [0.15, 0.2) is 34.4 Å². The topological polar surface area (TPSA) is 37.6 Å². The van der Waals surface area contributed by atoms with Crippen molar-refractivity contribution in [2.75, 3.05) is 0 Å². The van der Waals surface area contributed by atoms with Crippen LogP contribution in [0.1, 0.15) is 70.7 Å². The van der Waals surface area contributed by atoms with Crippen molar-refractivity contribution in [1.29, 1.82) is 0 Å². The summed E-state index contributed by atoms with van der Waals surface area (Å²) >= 11 is 0. The third kappa shape index (κ3) is 9.38. The first-order valence-electron chi connectivity index (χ1n) is 10.7. The molecule has 0 bridgehead atoms. The molecule has 5 heteroatoms. The molecule has 1 saturated carbocycles. The molecule has 0 aliphatic heterocycles.